The summed E-state index contributed by atoms with van der Waals surface area (Å²) in [5.74, 6) is -0.128. The number of hydrogen-bond acceptors (Lipinski definition) is 6. The Bertz CT molecular complexity index is 1640. The van der Waals surface area contributed by atoms with Crippen LogP contribution in [0.4, 0.5) is 22.0 Å². The topological polar surface area (TPSA) is 86.7 Å². The third-order valence-electron chi connectivity index (χ3n) is 6.84. The second-order valence-electron chi connectivity index (χ2n) is 9.21. The second kappa shape index (κ2) is 10.6. The van der Waals surface area contributed by atoms with Crippen molar-refractivity contribution in [3.63, 3.8) is 0 Å². The van der Waals surface area contributed by atoms with Crippen molar-refractivity contribution in [2.75, 3.05) is 22.6 Å². The lowest BCUT2D eigenvalue weighted by atomic mass is 10.1. The average molecular weight is 590 g/mol. The molecule has 4 amide bonds. The van der Waals surface area contributed by atoms with Crippen LogP contribution < -0.4 is 9.80 Å². The highest BCUT2D eigenvalue weighted by molar-refractivity contribution is 7.98. The third kappa shape index (κ3) is 4.50. The van der Waals surface area contributed by atoms with Crippen molar-refractivity contribution < 1.29 is 14.4 Å². The van der Waals surface area contributed by atoms with Gasteiger partial charge in [-0.25, -0.2) is 19.7 Å². The molecule has 0 aliphatic carbocycles. The van der Waals surface area contributed by atoms with Crippen molar-refractivity contribution in [3.05, 3.63) is 105 Å². The maximum Gasteiger partial charge on any atom is 0.335 e. The molecule has 0 spiro atoms. The lowest BCUT2D eigenvalue weighted by molar-refractivity contribution is 0.0656. The number of carbonyl (C=O) groups is 3. The molecule has 4 aromatic rings. The number of para-hydroxylation sites is 1. The molecule has 0 saturated carbocycles. The van der Waals surface area contributed by atoms with Gasteiger partial charge in [0, 0.05) is 18.3 Å². The zero-order valence-corrected chi connectivity index (χ0v) is 23.5. The summed E-state index contributed by atoms with van der Waals surface area (Å²) in [6.45, 7) is 0.405. The van der Waals surface area contributed by atoms with Crippen molar-refractivity contribution in [1.82, 2.24) is 14.9 Å². The Balaban J connectivity index is 1.34. The molecule has 0 bridgehead atoms. The number of urea groups is 1. The number of rotatable bonds is 6. The highest BCUT2D eigenvalue weighted by Crippen LogP contribution is 2.41. The summed E-state index contributed by atoms with van der Waals surface area (Å²) in [4.78, 5) is 53.1. The first-order valence-electron chi connectivity index (χ1n) is 12.4. The molecule has 0 radical (unpaired) electrons. The van der Waals surface area contributed by atoms with Gasteiger partial charge in [0.05, 0.1) is 39.1 Å². The van der Waals surface area contributed by atoms with Crippen LogP contribution in [0.25, 0.3) is 0 Å². The maximum atomic E-state index is 14.1. The zero-order valence-electron chi connectivity index (χ0n) is 21.2. The predicted octanol–water partition coefficient (Wildman–Crippen LogP) is 6.62. The number of halogens is 2. The molecule has 2 aliphatic rings. The predicted molar refractivity (Wildman–Crippen MR) is 156 cm³/mol. The molecule has 40 heavy (non-hydrogen) atoms. The van der Waals surface area contributed by atoms with Crippen molar-refractivity contribution in [2.45, 2.75) is 18.1 Å². The van der Waals surface area contributed by atoms with Crippen molar-refractivity contribution in [1.29, 1.82) is 0 Å². The van der Waals surface area contributed by atoms with Crippen LogP contribution in [0.15, 0.2) is 78.1 Å². The quantitative estimate of drug-likeness (QED) is 0.143. The van der Waals surface area contributed by atoms with Gasteiger partial charge in [-0.3, -0.25) is 19.4 Å². The fourth-order valence-corrected chi connectivity index (χ4v) is 5.86. The molecule has 0 atom stereocenters. The largest absolute Gasteiger partial charge is 0.335 e. The van der Waals surface area contributed by atoms with E-state index in [1.807, 2.05) is 30.5 Å². The Morgan fingerprint density at radius 3 is 2.25 bits per heavy atom. The number of benzene rings is 3. The van der Waals surface area contributed by atoms with Gasteiger partial charge < -0.3 is 0 Å². The molecule has 8 nitrogen and oxygen atoms in total. The van der Waals surface area contributed by atoms with Gasteiger partial charge in [0.25, 0.3) is 11.8 Å². The summed E-state index contributed by atoms with van der Waals surface area (Å²) in [5, 5.41) is 1.23. The number of nitrogens with zero attached hydrogens (tertiary/aromatic N) is 5. The van der Waals surface area contributed by atoms with E-state index < -0.39 is 0 Å². The van der Waals surface area contributed by atoms with Gasteiger partial charge in [0.1, 0.15) is 0 Å². The minimum absolute atomic E-state index is 0.197. The lowest BCUT2D eigenvalue weighted by Crippen LogP contribution is -2.45. The molecule has 11 heteroatoms. The molecule has 0 N–H and O–H groups in total. The number of amides is 4. The van der Waals surface area contributed by atoms with Crippen molar-refractivity contribution in [3.8, 4) is 0 Å². The number of anilines is 3. The van der Waals surface area contributed by atoms with Crippen LogP contribution in [0.5, 0.6) is 0 Å². The molecule has 0 unspecified atom stereocenters. The fraction of sp³-hybridized carbons (Fsp3) is 0.138. The van der Waals surface area contributed by atoms with Crippen LogP contribution in [0.2, 0.25) is 10.0 Å². The summed E-state index contributed by atoms with van der Waals surface area (Å²) in [5.41, 5.74) is 3.38. The number of carbonyl (C=O) groups excluding carboxylic acids is 3. The molecule has 0 fully saturated rings. The van der Waals surface area contributed by atoms with Crippen LogP contribution in [0.3, 0.4) is 0 Å². The molecular weight excluding hydrogens is 569 g/mol. The fourth-order valence-electron chi connectivity index (χ4n) is 4.92. The summed E-state index contributed by atoms with van der Waals surface area (Å²) < 4.78 is 0. The van der Waals surface area contributed by atoms with Crippen molar-refractivity contribution in [2.24, 2.45) is 0 Å². The molecule has 2 aliphatic heterocycles. The molecule has 3 heterocycles. The number of thioether (sulfide) groups is 1. The number of aromatic nitrogens is 2. The normalized spacial score (nSPS) is 14.6. The molecular formula is C29H21Cl2N5O3S. The van der Waals surface area contributed by atoms with Crippen LogP contribution in [-0.4, -0.2) is 45.5 Å². The van der Waals surface area contributed by atoms with Crippen LogP contribution >= 0.6 is 35.0 Å². The number of fused-ring (bicyclic) bond motifs is 2. The van der Waals surface area contributed by atoms with Gasteiger partial charge in [-0.05, 0) is 54.6 Å². The maximum absolute atomic E-state index is 14.1. The highest BCUT2D eigenvalue weighted by atomic mass is 35.5. The molecule has 0 saturated heterocycles. The standard InChI is InChI=1S/C29H21Cl2N5O3S/c1-40-28-32-15-18-16-35(24-22(30)10-5-11-23(24)31)29(39)36(25(18)33-28)19-7-4-6-17(14-19)12-13-34-26(37)20-8-2-3-9-21(20)27(34)38/h2-11,14-15H,12-13,16H2,1H3. The Morgan fingerprint density at radius 1 is 0.900 bits per heavy atom. The van der Waals surface area contributed by atoms with Gasteiger partial charge in [0.15, 0.2) is 11.0 Å². The monoisotopic (exact) mass is 589 g/mol. The van der Waals surface area contributed by atoms with Crippen LogP contribution in [0.1, 0.15) is 31.8 Å². The summed E-state index contributed by atoms with van der Waals surface area (Å²) >= 11 is 14.4. The number of hydrogen-bond donors (Lipinski definition) is 0. The summed E-state index contributed by atoms with van der Waals surface area (Å²) in [7, 11) is 0. The summed E-state index contributed by atoms with van der Waals surface area (Å²) in [6, 6.07) is 18.9. The van der Waals surface area contributed by atoms with E-state index in [2.05, 4.69) is 9.97 Å². The molecule has 6 rings (SSSR count). The van der Waals surface area contributed by atoms with E-state index in [9.17, 15) is 14.4 Å². The Morgan fingerprint density at radius 2 is 1.57 bits per heavy atom. The van der Waals surface area contributed by atoms with E-state index >= 15 is 0 Å². The van der Waals surface area contributed by atoms with Crippen LogP contribution in [0, 0.1) is 0 Å². The first-order chi connectivity index (χ1) is 19.4. The van der Waals surface area contributed by atoms with Gasteiger partial charge in [-0.1, -0.05) is 65.3 Å². The van der Waals surface area contributed by atoms with Gasteiger partial charge in [0.2, 0.25) is 0 Å². The van der Waals surface area contributed by atoms with E-state index in [1.165, 1.54) is 26.5 Å². The van der Waals surface area contributed by atoms with Gasteiger partial charge in [-0.2, -0.15) is 0 Å². The van der Waals surface area contributed by atoms with Crippen LogP contribution in [-0.2, 0) is 13.0 Å². The van der Waals surface area contributed by atoms with Crippen molar-refractivity contribution >= 4 is 70.0 Å². The van der Waals surface area contributed by atoms with Gasteiger partial charge in [-0.15, -0.1) is 0 Å². The highest BCUT2D eigenvalue weighted by Gasteiger charge is 2.37. The summed E-state index contributed by atoms with van der Waals surface area (Å²) in [6.07, 6.45) is 3.98. The zero-order chi connectivity index (χ0) is 28.0. The third-order valence-corrected chi connectivity index (χ3v) is 8.01. The smallest absolute Gasteiger partial charge is 0.286 e. The molecule has 200 valence electrons. The minimum Gasteiger partial charge on any atom is -0.286 e. The first-order valence-corrected chi connectivity index (χ1v) is 14.3. The second-order valence-corrected chi connectivity index (χ2v) is 10.8. The SMILES string of the molecule is CSc1ncc2c(n1)N(c1cccc(CCN3C(=O)c4ccccc4C3=O)c1)C(=O)N(c1c(Cl)cccc1Cl)C2. The minimum atomic E-state index is -0.370. The Labute approximate surface area is 244 Å². The van der Waals surface area contributed by atoms with E-state index in [0.29, 0.717) is 49.9 Å². The number of imide groups is 1. The molecule has 3 aromatic carbocycles. The van der Waals surface area contributed by atoms with Gasteiger partial charge >= 0.3 is 6.03 Å². The van der Waals surface area contributed by atoms with E-state index in [0.717, 1.165) is 11.1 Å². The lowest BCUT2D eigenvalue weighted by Gasteiger charge is -2.36. The van der Waals surface area contributed by atoms with E-state index in [4.69, 9.17) is 23.2 Å². The van der Waals surface area contributed by atoms with E-state index in [-0.39, 0.29) is 30.9 Å². The Kier molecular flexibility index (Phi) is 6.95. The average Bonchev–Trinajstić information content (AvgIpc) is 3.21. The molecule has 1 aromatic heterocycles. The Hall–Kier alpha value is -3.92. The first kappa shape index (κ1) is 26.3. The van der Waals surface area contributed by atoms with E-state index in [1.54, 1.807) is 48.7 Å².